The highest BCUT2D eigenvalue weighted by atomic mass is 16.5. The van der Waals surface area contributed by atoms with Gasteiger partial charge in [0.1, 0.15) is 5.82 Å². The van der Waals surface area contributed by atoms with Crippen LogP contribution in [-0.2, 0) is 16.1 Å². The van der Waals surface area contributed by atoms with Crippen molar-refractivity contribution in [3.05, 3.63) is 18.2 Å². The van der Waals surface area contributed by atoms with E-state index >= 15 is 0 Å². The van der Waals surface area contributed by atoms with Crippen molar-refractivity contribution in [3.63, 3.8) is 0 Å². The molecule has 1 saturated heterocycles. The first kappa shape index (κ1) is 16.0. The van der Waals surface area contributed by atoms with Crippen LogP contribution in [-0.4, -0.2) is 59.8 Å². The van der Waals surface area contributed by atoms with Gasteiger partial charge in [-0.1, -0.05) is 6.92 Å². The molecule has 1 fully saturated rings. The summed E-state index contributed by atoms with van der Waals surface area (Å²) in [5, 5.41) is 3.02. The van der Waals surface area contributed by atoms with E-state index in [1.807, 2.05) is 20.0 Å². The van der Waals surface area contributed by atoms with E-state index < -0.39 is 0 Å². The smallest absolute Gasteiger partial charge is 0.224 e. The molecule has 6 nitrogen and oxygen atoms in total. The molecular formula is C15H26N4O2. The summed E-state index contributed by atoms with van der Waals surface area (Å²) < 4.78 is 7.42. The van der Waals surface area contributed by atoms with Gasteiger partial charge in [-0.15, -0.1) is 0 Å². The van der Waals surface area contributed by atoms with Gasteiger partial charge in [0.2, 0.25) is 5.91 Å². The van der Waals surface area contributed by atoms with Crippen molar-refractivity contribution in [1.29, 1.82) is 0 Å². The van der Waals surface area contributed by atoms with Crippen LogP contribution in [0.3, 0.4) is 0 Å². The number of morpholine rings is 1. The predicted molar refractivity (Wildman–Crippen MR) is 81.0 cm³/mol. The van der Waals surface area contributed by atoms with Gasteiger partial charge in [0.25, 0.3) is 0 Å². The zero-order valence-electron chi connectivity index (χ0n) is 13.0. The molecule has 1 atom stereocenters. The maximum absolute atomic E-state index is 12.1. The highest BCUT2D eigenvalue weighted by Crippen LogP contribution is 2.04. The van der Waals surface area contributed by atoms with E-state index in [1.54, 1.807) is 6.20 Å². The number of nitrogens with one attached hydrogen (secondary N) is 1. The molecule has 1 aliphatic rings. The molecule has 1 aromatic heterocycles. The Balaban J connectivity index is 1.61. The Hall–Kier alpha value is -1.40. The largest absolute Gasteiger partial charge is 0.379 e. The molecule has 0 radical (unpaired) electrons. The molecule has 2 heterocycles. The lowest BCUT2D eigenvalue weighted by Gasteiger charge is -2.28. The van der Waals surface area contributed by atoms with Crippen molar-refractivity contribution >= 4 is 5.91 Å². The third-order valence-corrected chi connectivity index (χ3v) is 3.88. The number of amides is 1. The number of hydrogen-bond donors (Lipinski definition) is 1. The molecule has 1 amide bonds. The van der Waals surface area contributed by atoms with Gasteiger partial charge >= 0.3 is 0 Å². The van der Waals surface area contributed by atoms with Crippen molar-refractivity contribution in [2.75, 3.05) is 39.4 Å². The van der Waals surface area contributed by atoms with Crippen LogP contribution in [0.4, 0.5) is 0 Å². The molecule has 1 aromatic rings. The Kier molecular flexibility index (Phi) is 6.20. The van der Waals surface area contributed by atoms with Crippen LogP contribution >= 0.6 is 0 Å². The molecule has 2 rings (SSSR count). The van der Waals surface area contributed by atoms with Gasteiger partial charge in [0.05, 0.1) is 13.2 Å². The van der Waals surface area contributed by atoms with Crippen LogP contribution in [0.15, 0.2) is 12.4 Å². The van der Waals surface area contributed by atoms with Crippen molar-refractivity contribution in [2.24, 2.45) is 5.92 Å². The van der Waals surface area contributed by atoms with Crippen LogP contribution in [0.2, 0.25) is 0 Å². The minimum Gasteiger partial charge on any atom is -0.379 e. The quantitative estimate of drug-likeness (QED) is 0.751. The number of ether oxygens (including phenoxy) is 1. The van der Waals surface area contributed by atoms with Crippen molar-refractivity contribution in [2.45, 2.75) is 26.8 Å². The molecule has 1 N–H and O–H groups in total. The first-order valence-corrected chi connectivity index (χ1v) is 7.72. The highest BCUT2D eigenvalue weighted by Gasteiger charge is 2.18. The van der Waals surface area contributed by atoms with E-state index in [2.05, 4.69) is 19.8 Å². The van der Waals surface area contributed by atoms with E-state index in [0.717, 1.165) is 51.6 Å². The molecule has 21 heavy (non-hydrogen) atoms. The summed E-state index contributed by atoms with van der Waals surface area (Å²) in [5.74, 6) is 1.18. The van der Waals surface area contributed by atoms with Gasteiger partial charge < -0.3 is 14.6 Å². The van der Waals surface area contributed by atoms with Gasteiger partial charge in [-0.2, -0.15) is 0 Å². The fraction of sp³-hybridized carbons (Fsp3) is 0.733. The summed E-state index contributed by atoms with van der Waals surface area (Å²) in [6, 6.07) is 0. The number of carbonyl (C=O) groups is 1. The summed E-state index contributed by atoms with van der Waals surface area (Å²) in [7, 11) is 0. The van der Waals surface area contributed by atoms with E-state index in [-0.39, 0.29) is 11.8 Å². The van der Waals surface area contributed by atoms with Crippen LogP contribution in [0.5, 0.6) is 0 Å². The minimum atomic E-state index is 0.0260. The summed E-state index contributed by atoms with van der Waals surface area (Å²) in [5.41, 5.74) is 0. The maximum atomic E-state index is 12.1. The molecule has 0 aromatic carbocycles. The van der Waals surface area contributed by atoms with Crippen LogP contribution in [0.1, 0.15) is 19.2 Å². The van der Waals surface area contributed by atoms with Gasteiger partial charge in [0, 0.05) is 51.0 Å². The second-order valence-corrected chi connectivity index (χ2v) is 5.63. The first-order chi connectivity index (χ1) is 10.2. The number of hydrogen-bond acceptors (Lipinski definition) is 4. The van der Waals surface area contributed by atoms with Crippen LogP contribution < -0.4 is 5.32 Å². The monoisotopic (exact) mass is 294 g/mol. The Bertz CT molecular complexity index is 441. The van der Waals surface area contributed by atoms with Crippen molar-refractivity contribution < 1.29 is 9.53 Å². The highest BCUT2D eigenvalue weighted by molar-refractivity contribution is 5.78. The van der Waals surface area contributed by atoms with E-state index in [1.165, 1.54) is 0 Å². The standard InChI is InChI=1S/C15H26N4O2/c1-13(12-18-8-10-21-11-9-18)15(20)17-4-3-6-19-7-5-16-14(19)2/h5,7,13H,3-4,6,8-12H2,1-2H3,(H,17,20)/t13-/m1/s1. The fourth-order valence-electron chi connectivity index (χ4n) is 2.53. The molecule has 0 spiro atoms. The van der Waals surface area contributed by atoms with Gasteiger partial charge in [-0.05, 0) is 13.3 Å². The number of imidazole rings is 1. The van der Waals surface area contributed by atoms with Crippen LogP contribution in [0.25, 0.3) is 0 Å². The molecule has 0 saturated carbocycles. The van der Waals surface area contributed by atoms with E-state index in [0.29, 0.717) is 6.54 Å². The first-order valence-electron chi connectivity index (χ1n) is 7.72. The molecule has 6 heteroatoms. The lowest BCUT2D eigenvalue weighted by molar-refractivity contribution is -0.125. The summed E-state index contributed by atoms with van der Waals surface area (Å²) in [6.45, 7) is 9.81. The predicted octanol–water partition coefficient (Wildman–Crippen LogP) is 0.666. The number of nitrogens with zero attached hydrogens (tertiary/aromatic N) is 3. The molecule has 1 aliphatic heterocycles. The number of carbonyl (C=O) groups excluding carboxylic acids is 1. The molecule has 0 aliphatic carbocycles. The fourth-order valence-corrected chi connectivity index (χ4v) is 2.53. The van der Waals surface area contributed by atoms with Crippen LogP contribution in [0, 0.1) is 12.8 Å². The second kappa shape index (κ2) is 8.14. The maximum Gasteiger partial charge on any atom is 0.224 e. The Morgan fingerprint density at radius 3 is 2.90 bits per heavy atom. The lowest BCUT2D eigenvalue weighted by atomic mass is 10.1. The summed E-state index contributed by atoms with van der Waals surface area (Å²) in [6.07, 6.45) is 4.70. The summed E-state index contributed by atoms with van der Waals surface area (Å²) in [4.78, 5) is 18.5. The third-order valence-electron chi connectivity index (χ3n) is 3.88. The Morgan fingerprint density at radius 2 is 2.24 bits per heavy atom. The molecule has 0 bridgehead atoms. The van der Waals surface area contributed by atoms with Crippen molar-refractivity contribution in [1.82, 2.24) is 19.8 Å². The normalized spacial score (nSPS) is 17.6. The zero-order valence-corrected chi connectivity index (χ0v) is 13.0. The topological polar surface area (TPSA) is 59.4 Å². The Morgan fingerprint density at radius 1 is 1.48 bits per heavy atom. The van der Waals surface area contributed by atoms with Crippen molar-refractivity contribution in [3.8, 4) is 0 Å². The molecule has 118 valence electrons. The number of rotatable bonds is 7. The second-order valence-electron chi connectivity index (χ2n) is 5.63. The van der Waals surface area contributed by atoms with Gasteiger partial charge in [-0.25, -0.2) is 4.98 Å². The SMILES string of the molecule is Cc1nccn1CCCNC(=O)[C@H](C)CN1CCOCC1. The third kappa shape index (κ3) is 5.13. The summed E-state index contributed by atoms with van der Waals surface area (Å²) >= 11 is 0. The lowest BCUT2D eigenvalue weighted by Crippen LogP contribution is -2.43. The zero-order chi connectivity index (χ0) is 15.1. The molecule has 0 unspecified atom stereocenters. The minimum absolute atomic E-state index is 0.0260. The number of aryl methyl sites for hydroxylation is 2. The van der Waals surface area contributed by atoms with E-state index in [4.69, 9.17) is 4.74 Å². The Labute approximate surface area is 126 Å². The average molecular weight is 294 g/mol. The molecular weight excluding hydrogens is 268 g/mol. The van der Waals surface area contributed by atoms with E-state index in [9.17, 15) is 4.79 Å². The van der Waals surface area contributed by atoms with Gasteiger partial charge in [-0.3, -0.25) is 9.69 Å². The van der Waals surface area contributed by atoms with Gasteiger partial charge in [0.15, 0.2) is 0 Å². The number of aromatic nitrogens is 2. The average Bonchev–Trinajstić information content (AvgIpc) is 2.90.